The van der Waals surface area contributed by atoms with E-state index in [9.17, 15) is 4.79 Å². The van der Waals surface area contributed by atoms with E-state index < -0.39 is 0 Å². The second kappa shape index (κ2) is 9.99. The van der Waals surface area contributed by atoms with E-state index >= 15 is 0 Å². The van der Waals surface area contributed by atoms with Crippen LogP contribution in [0.3, 0.4) is 0 Å². The van der Waals surface area contributed by atoms with E-state index in [1.54, 1.807) is 0 Å². The number of amides is 1. The summed E-state index contributed by atoms with van der Waals surface area (Å²) < 4.78 is 2.26. The smallest absolute Gasteiger partial charge is 0.266 e. The zero-order valence-corrected chi connectivity index (χ0v) is 21.5. The number of carbonyl (C=O) groups excluding carboxylic acids is 1. The number of anilines is 1. The highest BCUT2D eigenvalue weighted by Crippen LogP contribution is 2.35. The summed E-state index contributed by atoms with van der Waals surface area (Å²) in [4.78, 5) is 22.7. The van der Waals surface area contributed by atoms with Crippen molar-refractivity contribution in [3.63, 3.8) is 0 Å². The number of aliphatic imine (C=N–C) groups is 1. The van der Waals surface area contributed by atoms with Gasteiger partial charge in [0.15, 0.2) is 5.17 Å². The number of benzene rings is 1. The zero-order chi connectivity index (χ0) is 23.6. The Morgan fingerprint density at radius 2 is 1.69 bits per heavy atom. The van der Waals surface area contributed by atoms with Gasteiger partial charge >= 0.3 is 0 Å². The highest BCUT2D eigenvalue weighted by atomic mass is 32.2. The average Bonchev–Trinajstić information content (AvgIpc) is 3.18. The van der Waals surface area contributed by atoms with Crippen LogP contribution in [-0.4, -0.2) is 45.7 Å². The van der Waals surface area contributed by atoms with Gasteiger partial charge in [0.05, 0.1) is 4.91 Å². The molecule has 6 heteroatoms. The van der Waals surface area contributed by atoms with Crippen LogP contribution >= 0.6 is 11.8 Å². The first-order valence-electron chi connectivity index (χ1n) is 11.5. The first kappa shape index (κ1) is 24.2. The molecule has 1 saturated heterocycles. The largest absolute Gasteiger partial charge is 0.372 e. The van der Waals surface area contributed by atoms with Gasteiger partial charge in [0.2, 0.25) is 0 Å². The molecule has 0 saturated carbocycles. The fourth-order valence-electron chi connectivity index (χ4n) is 4.13. The molecule has 0 spiro atoms. The van der Waals surface area contributed by atoms with Crippen LogP contribution in [0.15, 0.2) is 40.2 Å². The molecule has 1 aliphatic heterocycles. The number of hydrogen-bond acceptors (Lipinski definition) is 4. The third kappa shape index (κ3) is 4.80. The minimum Gasteiger partial charge on any atom is -0.372 e. The van der Waals surface area contributed by atoms with E-state index in [-0.39, 0.29) is 18.0 Å². The molecule has 0 bridgehead atoms. The zero-order valence-electron chi connectivity index (χ0n) is 20.6. The summed E-state index contributed by atoms with van der Waals surface area (Å²) in [6.07, 6.45) is 2.02. The van der Waals surface area contributed by atoms with Crippen molar-refractivity contribution < 1.29 is 4.79 Å². The van der Waals surface area contributed by atoms with E-state index in [2.05, 4.69) is 72.5 Å². The lowest BCUT2D eigenvalue weighted by Gasteiger charge is -2.21. The van der Waals surface area contributed by atoms with Crippen LogP contribution in [0.25, 0.3) is 11.8 Å². The molecule has 1 aromatic carbocycles. The van der Waals surface area contributed by atoms with Gasteiger partial charge in [0, 0.05) is 47.9 Å². The fourth-order valence-corrected chi connectivity index (χ4v) is 5.35. The standard InChI is InChI=1S/C26H36N4OS/c1-9-28(10-2)22-11-13-23(14-12-22)30-19(7)15-21(20(30)8)16-24-25(31)29(18(5)6)26(32-24)27-17(3)4/h11-18H,9-10H2,1-8H3/b24-16+,27-26?. The molecule has 0 unspecified atom stereocenters. The Hall–Kier alpha value is -2.47. The van der Waals surface area contributed by atoms with Crippen molar-refractivity contribution in [2.75, 3.05) is 18.0 Å². The van der Waals surface area contributed by atoms with Gasteiger partial charge in [0.1, 0.15) is 0 Å². The number of aryl methyl sites for hydroxylation is 1. The van der Waals surface area contributed by atoms with E-state index in [4.69, 9.17) is 0 Å². The summed E-state index contributed by atoms with van der Waals surface area (Å²) in [6.45, 7) is 18.7. The van der Waals surface area contributed by atoms with Crippen molar-refractivity contribution in [1.82, 2.24) is 9.47 Å². The maximum atomic E-state index is 13.1. The molecule has 0 radical (unpaired) electrons. The van der Waals surface area contributed by atoms with Gasteiger partial charge < -0.3 is 9.47 Å². The third-order valence-electron chi connectivity index (χ3n) is 5.72. The Morgan fingerprint density at radius 1 is 1.06 bits per heavy atom. The normalized spacial score (nSPS) is 16.9. The Kier molecular flexibility index (Phi) is 7.55. The van der Waals surface area contributed by atoms with Crippen molar-refractivity contribution in [1.29, 1.82) is 0 Å². The third-order valence-corrected chi connectivity index (χ3v) is 6.71. The average molecular weight is 453 g/mol. The van der Waals surface area contributed by atoms with Crippen molar-refractivity contribution >= 4 is 34.6 Å². The van der Waals surface area contributed by atoms with E-state index in [0.29, 0.717) is 0 Å². The highest BCUT2D eigenvalue weighted by molar-refractivity contribution is 8.18. The Balaban J connectivity index is 1.96. The molecule has 1 aliphatic rings. The molecule has 0 atom stereocenters. The van der Waals surface area contributed by atoms with E-state index in [1.807, 2.05) is 38.7 Å². The maximum Gasteiger partial charge on any atom is 0.266 e. The molecule has 0 N–H and O–H groups in total. The van der Waals surface area contributed by atoms with Gasteiger partial charge in [0.25, 0.3) is 5.91 Å². The quantitative estimate of drug-likeness (QED) is 0.482. The van der Waals surface area contributed by atoms with Crippen molar-refractivity contribution in [2.45, 2.75) is 67.5 Å². The van der Waals surface area contributed by atoms with Gasteiger partial charge in [-0.15, -0.1) is 0 Å². The molecule has 172 valence electrons. The number of thioether (sulfide) groups is 1. The summed E-state index contributed by atoms with van der Waals surface area (Å²) in [5.41, 5.74) is 5.72. The molecule has 2 aromatic rings. The molecule has 32 heavy (non-hydrogen) atoms. The van der Waals surface area contributed by atoms with Crippen LogP contribution in [0.1, 0.15) is 58.5 Å². The minimum absolute atomic E-state index is 0.0396. The van der Waals surface area contributed by atoms with E-state index in [0.717, 1.165) is 45.8 Å². The first-order valence-corrected chi connectivity index (χ1v) is 12.3. The number of nitrogens with zero attached hydrogens (tertiary/aromatic N) is 4. The predicted octanol–water partition coefficient (Wildman–Crippen LogP) is 6.03. The van der Waals surface area contributed by atoms with E-state index in [1.165, 1.54) is 17.4 Å². The molecule has 1 aromatic heterocycles. The number of amidine groups is 1. The second-order valence-corrected chi connectivity index (χ2v) is 9.74. The number of carbonyl (C=O) groups is 1. The maximum absolute atomic E-state index is 13.1. The Bertz CT molecular complexity index is 1030. The fraction of sp³-hybridized carbons (Fsp3) is 0.462. The lowest BCUT2D eigenvalue weighted by Crippen LogP contribution is -2.35. The lowest BCUT2D eigenvalue weighted by molar-refractivity contribution is -0.123. The van der Waals surface area contributed by atoms with Crippen molar-refractivity contribution in [3.8, 4) is 5.69 Å². The topological polar surface area (TPSA) is 40.8 Å². The summed E-state index contributed by atoms with van der Waals surface area (Å²) in [7, 11) is 0. The lowest BCUT2D eigenvalue weighted by atomic mass is 10.2. The monoisotopic (exact) mass is 452 g/mol. The van der Waals surface area contributed by atoms with Crippen LogP contribution in [0.5, 0.6) is 0 Å². The molecular weight excluding hydrogens is 416 g/mol. The molecule has 2 heterocycles. The van der Waals surface area contributed by atoms with Crippen LogP contribution in [0, 0.1) is 13.8 Å². The highest BCUT2D eigenvalue weighted by Gasteiger charge is 2.35. The molecule has 1 amide bonds. The van der Waals surface area contributed by atoms with Crippen LogP contribution in [0.2, 0.25) is 0 Å². The number of aromatic nitrogens is 1. The molecule has 0 aliphatic carbocycles. The summed E-state index contributed by atoms with van der Waals surface area (Å²) >= 11 is 1.48. The molecular formula is C26H36N4OS. The number of rotatable bonds is 7. The molecule has 3 rings (SSSR count). The number of hydrogen-bond donors (Lipinski definition) is 0. The molecule has 1 fully saturated rings. The Labute approximate surface area is 197 Å². The van der Waals surface area contributed by atoms with Gasteiger partial charge in [-0.25, -0.2) is 0 Å². The van der Waals surface area contributed by atoms with Crippen LogP contribution < -0.4 is 4.90 Å². The van der Waals surface area contributed by atoms with Crippen LogP contribution in [0.4, 0.5) is 5.69 Å². The minimum atomic E-state index is 0.0396. The molecule has 5 nitrogen and oxygen atoms in total. The van der Waals surface area contributed by atoms with Gasteiger partial charge in [-0.1, -0.05) is 0 Å². The van der Waals surface area contributed by atoms with Gasteiger partial charge in [-0.3, -0.25) is 14.7 Å². The predicted molar refractivity (Wildman–Crippen MR) is 139 cm³/mol. The second-order valence-electron chi connectivity index (χ2n) is 8.74. The SMILES string of the molecule is CCN(CC)c1ccc(-n2c(C)cc(/C=C3/SC(=NC(C)C)N(C(C)C)C3=O)c2C)cc1. The van der Waals surface area contributed by atoms with Crippen molar-refractivity contribution in [3.05, 3.63) is 52.2 Å². The van der Waals surface area contributed by atoms with Crippen LogP contribution in [-0.2, 0) is 4.79 Å². The summed E-state index contributed by atoms with van der Waals surface area (Å²) in [5.74, 6) is 0.0396. The van der Waals surface area contributed by atoms with Gasteiger partial charge in [-0.05, 0) is 109 Å². The first-order chi connectivity index (χ1) is 15.2. The Morgan fingerprint density at radius 3 is 2.22 bits per heavy atom. The van der Waals surface area contributed by atoms with Gasteiger partial charge in [-0.2, -0.15) is 0 Å². The summed E-state index contributed by atoms with van der Waals surface area (Å²) in [6, 6.07) is 11.1. The summed E-state index contributed by atoms with van der Waals surface area (Å²) in [5, 5.41) is 0.798. The van der Waals surface area contributed by atoms with Crippen molar-refractivity contribution in [2.24, 2.45) is 4.99 Å².